The summed E-state index contributed by atoms with van der Waals surface area (Å²) in [6, 6.07) is 3.68. The molecule has 7 nitrogen and oxygen atoms in total. The number of aromatic nitrogens is 2. The van der Waals surface area contributed by atoms with Crippen molar-refractivity contribution in [1.29, 1.82) is 5.26 Å². The third kappa shape index (κ3) is 2.23. The first-order chi connectivity index (χ1) is 9.62. The normalized spacial score (nSPS) is 10.2. The SMILES string of the molecule is CCOc1cc2c(C#N)c(OCC)nc(N)c2c(N)n1. The first-order valence-electron chi connectivity index (χ1n) is 6.17. The number of nitrogen functional groups attached to an aromatic ring is 2. The van der Waals surface area contributed by atoms with E-state index in [0.717, 1.165) is 0 Å². The Bertz CT molecular complexity index is 685. The first kappa shape index (κ1) is 13.7. The van der Waals surface area contributed by atoms with Crippen molar-refractivity contribution in [2.75, 3.05) is 24.7 Å². The number of nitrogens with two attached hydrogens (primary N) is 2. The summed E-state index contributed by atoms with van der Waals surface area (Å²) in [6.07, 6.45) is 0. The number of hydrogen-bond donors (Lipinski definition) is 2. The van der Waals surface area contributed by atoms with Gasteiger partial charge in [-0.25, -0.2) is 0 Å². The standard InChI is InChI=1S/C13H15N5O2/c1-3-19-9-5-7-8(6-14)13(20-4-2)18-12(16)10(7)11(15)17-9/h5H,3-4H2,1-2H3,(H2,15,17)(H2,16,18). The van der Waals surface area contributed by atoms with Crippen molar-refractivity contribution in [3.8, 4) is 17.8 Å². The molecule has 2 aromatic heterocycles. The molecule has 0 saturated heterocycles. The van der Waals surface area contributed by atoms with Crippen LogP contribution in [0.25, 0.3) is 10.8 Å². The van der Waals surface area contributed by atoms with Gasteiger partial charge in [-0.1, -0.05) is 0 Å². The van der Waals surface area contributed by atoms with Gasteiger partial charge in [0.05, 0.1) is 18.6 Å². The predicted octanol–water partition coefficient (Wildman–Crippen LogP) is 1.46. The molecule has 4 N–H and O–H groups in total. The van der Waals surface area contributed by atoms with E-state index >= 15 is 0 Å². The Morgan fingerprint density at radius 2 is 1.80 bits per heavy atom. The summed E-state index contributed by atoms with van der Waals surface area (Å²) >= 11 is 0. The molecule has 7 heteroatoms. The van der Waals surface area contributed by atoms with Gasteiger partial charge < -0.3 is 20.9 Å². The lowest BCUT2D eigenvalue weighted by atomic mass is 10.1. The number of fused-ring (bicyclic) bond motifs is 1. The van der Waals surface area contributed by atoms with E-state index in [-0.39, 0.29) is 23.1 Å². The molecule has 0 atom stereocenters. The molecule has 0 aromatic carbocycles. The Morgan fingerprint density at radius 1 is 1.15 bits per heavy atom. The minimum Gasteiger partial charge on any atom is -0.478 e. The van der Waals surface area contributed by atoms with E-state index in [1.54, 1.807) is 13.0 Å². The van der Waals surface area contributed by atoms with Gasteiger partial charge in [0.2, 0.25) is 11.8 Å². The third-order valence-electron chi connectivity index (χ3n) is 2.67. The molecular formula is C13H15N5O2. The number of pyridine rings is 2. The second-order valence-electron chi connectivity index (χ2n) is 3.92. The number of hydrogen-bond acceptors (Lipinski definition) is 7. The van der Waals surface area contributed by atoms with Crippen molar-refractivity contribution in [2.24, 2.45) is 0 Å². The van der Waals surface area contributed by atoms with Crippen LogP contribution in [0.3, 0.4) is 0 Å². The molecule has 0 aliphatic rings. The molecule has 0 aliphatic carbocycles. The van der Waals surface area contributed by atoms with Crippen LogP contribution in [0.5, 0.6) is 11.8 Å². The topological polar surface area (TPSA) is 120 Å². The van der Waals surface area contributed by atoms with Crippen molar-refractivity contribution in [1.82, 2.24) is 9.97 Å². The predicted molar refractivity (Wildman–Crippen MR) is 75.4 cm³/mol. The number of rotatable bonds is 4. The van der Waals surface area contributed by atoms with Crippen LogP contribution in [-0.4, -0.2) is 23.2 Å². The molecule has 2 heterocycles. The highest BCUT2D eigenvalue weighted by molar-refractivity contribution is 6.03. The Morgan fingerprint density at radius 3 is 2.40 bits per heavy atom. The fourth-order valence-corrected chi connectivity index (χ4v) is 1.91. The van der Waals surface area contributed by atoms with Gasteiger partial charge in [-0.3, -0.25) is 0 Å². The van der Waals surface area contributed by atoms with E-state index in [9.17, 15) is 5.26 Å². The fraction of sp³-hybridized carbons (Fsp3) is 0.308. The van der Waals surface area contributed by atoms with Crippen LogP contribution < -0.4 is 20.9 Å². The summed E-state index contributed by atoms with van der Waals surface area (Å²) in [5.74, 6) is 0.876. The molecule has 2 rings (SSSR count). The van der Waals surface area contributed by atoms with E-state index in [1.807, 2.05) is 6.92 Å². The van der Waals surface area contributed by atoms with Crippen molar-refractivity contribution in [2.45, 2.75) is 13.8 Å². The fourth-order valence-electron chi connectivity index (χ4n) is 1.91. The van der Waals surface area contributed by atoms with Gasteiger partial charge in [0.25, 0.3) is 0 Å². The van der Waals surface area contributed by atoms with E-state index in [0.29, 0.717) is 29.9 Å². The van der Waals surface area contributed by atoms with Crippen LogP contribution in [0, 0.1) is 11.3 Å². The second kappa shape index (κ2) is 5.48. The highest BCUT2D eigenvalue weighted by Gasteiger charge is 2.17. The highest BCUT2D eigenvalue weighted by Crippen LogP contribution is 2.34. The minimum absolute atomic E-state index is 0.176. The Labute approximate surface area is 116 Å². The Balaban J connectivity index is 2.81. The monoisotopic (exact) mass is 273 g/mol. The average Bonchev–Trinajstić information content (AvgIpc) is 2.39. The van der Waals surface area contributed by atoms with Gasteiger partial charge in [-0.15, -0.1) is 0 Å². The lowest BCUT2D eigenvalue weighted by Gasteiger charge is -2.12. The lowest BCUT2D eigenvalue weighted by molar-refractivity contribution is 0.326. The smallest absolute Gasteiger partial charge is 0.234 e. The number of nitrogens with zero attached hydrogens (tertiary/aromatic N) is 3. The number of ether oxygens (including phenoxy) is 2. The van der Waals surface area contributed by atoms with E-state index in [1.165, 1.54) is 0 Å². The first-order valence-corrected chi connectivity index (χ1v) is 6.17. The van der Waals surface area contributed by atoms with Gasteiger partial charge in [0.15, 0.2) is 0 Å². The number of anilines is 2. The van der Waals surface area contributed by atoms with Crippen LogP contribution in [-0.2, 0) is 0 Å². The quantitative estimate of drug-likeness (QED) is 0.865. The van der Waals surface area contributed by atoms with E-state index in [2.05, 4.69) is 16.0 Å². The lowest BCUT2D eigenvalue weighted by Crippen LogP contribution is -2.06. The maximum atomic E-state index is 9.33. The molecule has 0 fully saturated rings. The maximum absolute atomic E-state index is 9.33. The molecule has 0 aliphatic heterocycles. The van der Waals surface area contributed by atoms with Crippen molar-refractivity contribution < 1.29 is 9.47 Å². The van der Waals surface area contributed by atoms with Gasteiger partial charge in [0.1, 0.15) is 23.3 Å². The van der Waals surface area contributed by atoms with Crippen molar-refractivity contribution in [3.05, 3.63) is 11.6 Å². The van der Waals surface area contributed by atoms with Crippen LogP contribution in [0.4, 0.5) is 11.6 Å². The summed E-state index contributed by atoms with van der Waals surface area (Å²) in [4.78, 5) is 8.16. The molecule has 0 spiro atoms. The molecule has 0 bridgehead atoms. The molecule has 0 radical (unpaired) electrons. The van der Waals surface area contributed by atoms with Crippen molar-refractivity contribution >= 4 is 22.4 Å². The van der Waals surface area contributed by atoms with Crippen LogP contribution in [0.1, 0.15) is 19.4 Å². The molecule has 2 aromatic rings. The third-order valence-corrected chi connectivity index (χ3v) is 2.67. The molecule has 0 unspecified atom stereocenters. The highest BCUT2D eigenvalue weighted by atomic mass is 16.5. The zero-order valence-electron chi connectivity index (χ0n) is 11.3. The number of nitriles is 1. The minimum atomic E-state index is 0.176. The summed E-state index contributed by atoms with van der Waals surface area (Å²) in [7, 11) is 0. The van der Waals surface area contributed by atoms with E-state index < -0.39 is 0 Å². The Kier molecular flexibility index (Phi) is 3.75. The van der Waals surface area contributed by atoms with E-state index in [4.69, 9.17) is 20.9 Å². The second-order valence-corrected chi connectivity index (χ2v) is 3.92. The summed E-state index contributed by atoms with van der Waals surface area (Å²) in [6.45, 7) is 4.46. The zero-order chi connectivity index (χ0) is 14.7. The molecular weight excluding hydrogens is 258 g/mol. The van der Waals surface area contributed by atoms with Crippen LogP contribution >= 0.6 is 0 Å². The average molecular weight is 273 g/mol. The molecule has 104 valence electrons. The van der Waals surface area contributed by atoms with Gasteiger partial charge >= 0.3 is 0 Å². The maximum Gasteiger partial charge on any atom is 0.234 e. The summed E-state index contributed by atoms with van der Waals surface area (Å²) in [5, 5.41) is 10.3. The van der Waals surface area contributed by atoms with Gasteiger partial charge in [0, 0.05) is 11.5 Å². The summed E-state index contributed by atoms with van der Waals surface area (Å²) < 4.78 is 10.7. The Hall–Kier alpha value is -2.75. The van der Waals surface area contributed by atoms with Crippen molar-refractivity contribution in [3.63, 3.8) is 0 Å². The summed E-state index contributed by atoms with van der Waals surface area (Å²) in [5.41, 5.74) is 12.0. The zero-order valence-corrected chi connectivity index (χ0v) is 11.3. The molecule has 0 amide bonds. The van der Waals surface area contributed by atoms with Crippen LogP contribution in [0.15, 0.2) is 6.07 Å². The molecule has 0 saturated carbocycles. The van der Waals surface area contributed by atoms with Gasteiger partial charge in [-0.2, -0.15) is 15.2 Å². The molecule has 20 heavy (non-hydrogen) atoms. The van der Waals surface area contributed by atoms with Crippen LogP contribution in [0.2, 0.25) is 0 Å². The largest absolute Gasteiger partial charge is 0.478 e. The van der Waals surface area contributed by atoms with Gasteiger partial charge in [-0.05, 0) is 13.8 Å².